The molecule has 0 amide bonds. The van der Waals surface area contributed by atoms with Crippen LogP contribution in [0.25, 0.3) is 0 Å². The quantitative estimate of drug-likeness (QED) is 0.726. The number of rotatable bonds is 6. The van der Waals surface area contributed by atoms with Gasteiger partial charge in [-0.05, 0) is 43.7 Å². The Labute approximate surface area is 139 Å². The number of aryl methyl sites for hydroxylation is 2. The number of pyridine rings is 1. The summed E-state index contributed by atoms with van der Waals surface area (Å²) in [5, 5.41) is 10.5. The van der Waals surface area contributed by atoms with Crippen LogP contribution < -0.4 is 10.1 Å². The number of aromatic nitrogens is 3. The first kappa shape index (κ1) is 16.1. The van der Waals surface area contributed by atoms with E-state index in [0.29, 0.717) is 18.2 Å². The van der Waals surface area contributed by atoms with Crippen molar-refractivity contribution in [2.45, 2.75) is 26.9 Å². The normalized spacial score (nSPS) is 10.8. The summed E-state index contributed by atoms with van der Waals surface area (Å²) in [5.74, 6) is 0.743. The Bertz CT molecular complexity index is 777. The predicted octanol–water partition coefficient (Wildman–Crippen LogP) is 3.64. The van der Waals surface area contributed by atoms with Crippen molar-refractivity contribution in [1.82, 2.24) is 20.5 Å². The van der Waals surface area contributed by atoms with Gasteiger partial charge in [0.15, 0.2) is 0 Å². The zero-order valence-electron chi connectivity index (χ0n) is 13.6. The number of hydrogen-bond donors (Lipinski definition) is 2. The molecule has 5 nitrogen and oxygen atoms in total. The average Bonchev–Trinajstić information content (AvgIpc) is 2.90. The van der Waals surface area contributed by atoms with Crippen LogP contribution in [0.5, 0.6) is 11.6 Å². The van der Waals surface area contributed by atoms with Gasteiger partial charge in [-0.15, -0.1) is 0 Å². The lowest BCUT2D eigenvalue weighted by Gasteiger charge is -2.07. The van der Waals surface area contributed by atoms with E-state index < -0.39 is 0 Å². The van der Waals surface area contributed by atoms with Gasteiger partial charge >= 0.3 is 0 Å². The molecule has 0 atom stereocenters. The highest BCUT2D eigenvalue weighted by Crippen LogP contribution is 2.19. The van der Waals surface area contributed by atoms with E-state index in [-0.39, 0.29) is 5.82 Å². The van der Waals surface area contributed by atoms with E-state index in [9.17, 15) is 4.39 Å². The van der Waals surface area contributed by atoms with Crippen LogP contribution in [-0.2, 0) is 13.1 Å². The Balaban J connectivity index is 1.54. The number of halogens is 1. The third-order valence-electron chi connectivity index (χ3n) is 3.75. The van der Waals surface area contributed by atoms with E-state index in [1.54, 1.807) is 24.4 Å². The van der Waals surface area contributed by atoms with Crippen molar-refractivity contribution in [3.63, 3.8) is 0 Å². The molecule has 124 valence electrons. The minimum absolute atomic E-state index is 0.292. The van der Waals surface area contributed by atoms with E-state index in [4.69, 9.17) is 4.74 Å². The summed E-state index contributed by atoms with van der Waals surface area (Å²) in [5.41, 5.74) is 4.35. The molecule has 24 heavy (non-hydrogen) atoms. The third-order valence-corrected chi connectivity index (χ3v) is 3.75. The fraction of sp³-hybridized carbons (Fsp3) is 0.222. The Morgan fingerprint density at radius 1 is 1.08 bits per heavy atom. The first-order valence-electron chi connectivity index (χ1n) is 7.71. The molecule has 0 fully saturated rings. The van der Waals surface area contributed by atoms with Crippen molar-refractivity contribution in [1.29, 1.82) is 0 Å². The summed E-state index contributed by atoms with van der Waals surface area (Å²) in [4.78, 5) is 4.27. The fourth-order valence-electron chi connectivity index (χ4n) is 2.37. The van der Waals surface area contributed by atoms with E-state index in [2.05, 4.69) is 20.5 Å². The van der Waals surface area contributed by atoms with E-state index in [0.717, 1.165) is 23.5 Å². The van der Waals surface area contributed by atoms with Gasteiger partial charge in [-0.1, -0.05) is 6.07 Å². The minimum atomic E-state index is -0.292. The molecule has 0 saturated carbocycles. The Morgan fingerprint density at radius 3 is 2.50 bits per heavy atom. The van der Waals surface area contributed by atoms with Gasteiger partial charge in [-0.25, -0.2) is 9.37 Å². The SMILES string of the molecule is Cc1n[nH]c(C)c1CNCc1ccc(Oc2ccc(F)cc2)nc1. The van der Waals surface area contributed by atoms with Crippen LogP contribution in [0.1, 0.15) is 22.5 Å². The number of nitrogens with zero attached hydrogens (tertiary/aromatic N) is 2. The predicted molar refractivity (Wildman–Crippen MR) is 89.3 cm³/mol. The van der Waals surface area contributed by atoms with Gasteiger partial charge in [0.2, 0.25) is 5.88 Å². The molecule has 0 saturated heterocycles. The van der Waals surface area contributed by atoms with Crippen LogP contribution in [0.15, 0.2) is 42.6 Å². The molecular weight excluding hydrogens is 307 g/mol. The summed E-state index contributed by atoms with van der Waals surface area (Å²) in [7, 11) is 0. The molecule has 2 aromatic heterocycles. The Hall–Kier alpha value is -2.73. The maximum atomic E-state index is 12.9. The summed E-state index contributed by atoms with van der Waals surface area (Å²) in [6.07, 6.45) is 1.76. The van der Waals surface area contributed by atoms with Crippen molar-refractivity contribution < 1.29 is 9.13 Å². The molecule has 0 unspecified atom stereocenters. The highest BCUT2D eigenvalue weighted by molar-refractivity contribution is 5.28. The molecule has 3 rings (SSSR count). The van der Waals surface area contributed by atoms with Crippen LogP contribution >= 0.6 is 0 Å². The van der Waals surface area contributed by atoms with Gasteiger partial charge in [0.1, 0.15) is 11.6 Å². The second kappa shape index (κ2) is 7.23. The molecule has 3 aromatic rings. The van der Waals surface area contributed by atoms with Gasteiger partial charge in [-0.2, -0.15) is 5.10 Å². The van der Waals surface area contributed by atoms with Crippen molar-refractivity contribution >= 4 is 0 Å². The van der Waals surface area contributed by atoms with Gasteiger partial charge in [-0.3, -0.25) is 5.10 Å². The lowest BCUT2D eigenvalue weighted by atomic mass is 10.2. The van der Waals surface area contributed by atoms with Crippen molar-refractivity contribution in [3.8, 4) is 11.6 Å². The number of ether oxygens (including phenoxy) is 1. The van der Waals surface area contributed by atoms with Gasteiger partial charge in [0.25, 0.3) is 0 Å². The molecular formula is C18H19FN4O. The molecule has 0 aliphatic rings. The van der Waals surface area contributed by atoms with Crippen molar-refractivity contribution in [2.24, 2.45) is 0 Å². The van der Waals surface area contributed by atoms with Gasteiger partial charge in [0, 0.05) is 36.6 Å². The molecule has 0 radical (unpaired) electrons. The third kappa shape index (κ3) is 3.97. The monoisotopic (exact) mass is 326 g/mol. The smallest absolute Gasteiger partial charge is 0.219 e. The van der Waals surface area contributed by atoms with E-state index >= 15 is 0 Å². The van der Waals surface area contributed by atoms with Gasteiger partial charge in [0.05, 0.1) is 5.69 Å². The summed E-state index contributed by atoms with van der Waals surface area (Å²) < 4.78 is 18.4. The van der Waals surface area contributed by atoms with Crippen LogP contribution in [-0.4, -0.2) is 15.2 Å². The van der Waals surface area contributed by atoms with Crippen LogP contribution in [0.3, 0.4) is 0 Å². The van der Waals surface area contributed by atoms with Crippen LogP contribution in [0.2, 0.25) is 0 Å². The van der Waals surface area contributed by atoms with Crippen LogP contribution in [0.4, 0.5) is 4.39 Å². The number of H-pyrrole nitrogens is 1. The zero-order valence-corrected chi connectivity index (χ0v) is 13.6. The molecule has 1 aromatic carbocycles. The average molecular weight is 326 g/mol. The summed E-state index contributed by atoms with van der Waals surface area (Å²) >= 11 is 0. The number of aromatic amines is 1. The van der Waals surface area contributed by atoms with Gasteiger partial charge < -0.3 is 10.1 Å². The molecule has 0 spiro atoms. The maximum absolute atomic E-state index is 12.9. The summed E-state index contributed by atoms with van der Waals surface area (Å²) in [6.45, 7) is 5.46. The first-order chi connectivity index (χ1) is 11.6. The highest BCUT2D eigenvalue weighted by atomic mass is 19.1. The molecule has 6 heteroatoms. The zero-order chi connectivity index (χ0) is 16.9. The number of benzene rings is 1. The first-order valence-corrected chi connectivity index (χ1v) is 7.71. The molecule has 0 aliphatic heterocycles. The highest BCUT2D eigenvalue weighted by Gasteiger charge is 2.05. The maximum Gasteiger partial charge on any atom is 0.219 e. The Kier molecular flexibility index (Phi) is 4.86. The fourth-order valence-corrected chi connectivity index (χ4v) is 2.37. The second-order valence-electron chi connectivity index (χ2n) is 5.58. The molecule has 0 bridgehead atoms. The van der Waals surface area contributed by atoms with Crippen molar-refractivity contribution in [3.05, 3.63) is 70.9 Å². The van der Waals surface area contributed by atoms with Crippen molar-refractivity contribution in [2.75, 3.05) is 0 Å². The van der Waals surface area contributed by atoms with E-state index in [1.807, 2.05) is 19.9 Å². The van der Waals surface area contributed by atoms with Crippen LogP contribution in [0, 0.1) is 19.7 Å². The molecule has 0 aliphatic carbocycles. The lowest BCUT2D eigenvalue weighted by molar-refractivity contribution is 0.460. The minimum Gasteiger partial charge on any atom is -0.439 e. The largest absolute Gasteiger partial charge is 0.439 e. The second-order valence-corrected chi connectivity index (χ2v) is 5.58. The summed E-state index contributed by atoms with van der Waals surface area (Å²) in [6, 6.07) is 9.60. The Morgan fingerprint density at radius 2 is 1.88 bits per heavy atom. The molecule has 2 heterocycles. The lowest BCUT2D eigenvalue weighted by Crippen LogP contribution is -2.13. The number of hydrogen-bond acceptors (Lipinski definition) is 4. The number of nitrogens with one attached hydrogen (secondary N) is 2. The molecule has 2 N–H and O–H groups in total. The standard InChI is InChI=1S/C18H19FN4O/c1-12-17(13(2)23-22-12)11-20-9-14-3-8-18(21-10-14)24-16-6-4-15(19)5-7-16/h3-8,10,20H,9,11H2,1-2H3,(H,22,23). The topological polar surface area (TPSA) is 62.8 Å². The van der Waals surface area contributed by atoms with E-state index in [1.165, 1.54) is 17.7 Å².